The Bertz CT molecular complexity index is 1070. The maximum atomic E-state index is 13.9. The van der Waals surface area contributed by atoms with Crippen LogP contribution < -0.4 is 21.5 Å². The van der Waals surface area contributed by atoms with Crippen molar-refractivity contribution in [2.45, 2.75) is 86.6 Å². The predicted molar refractivity (Wildman–Crippen MR) is 124 cm³/mol. The van der Waals surface area contributed by atoms with E-state index >= 15 is 0 Å². The van der Waals surface area contributed by atoms with Crippen LogP contribution in [-0.2, 0) is 19.6 Å². The summed E-state index contributed by atoms with van der Waals surface area (Å²) < 4.78 is 29.4. The summed E-state index contributed by atoms with van der Waals surface area (Å²) in [6, 6.07) is 6.30. The molecule has 5 saturated carbocycles. The van der Waals surface area contributed by atoms with Crippen molar-refractivity contribution in [1.82, 2.24) is 10.0 Å². The highest BCUT2D eigenvalue weighted by Crippen LogP contribution is 2.61. The van der Waals surface area contributed by atoms with Gasteiger partial charge in [0.25, 0.3) is 0 Å². The van der Waals surface area contributed by atoms with E-state index in [4.69, 9.17) is 11.5 Å². The summed E-state index contributed by atoms with van der Waals surface area (Å²) in [4.78, 5) is 26.3. The molecule has 2 unspecified atom stereocenters. The van der Waals surface area contributed by atoms with Crippen molar-refractivity contribution in [3.8, 4) is 0 Å². The number of nitrogen functional groups attached to an aromatic ring is 1. The van der Waals surface area contributed by atoms with E-state index in [2.05, 4.69) is 10.0 Å². The molecule has 9 heteroatoms. The highest BCUT2D eigenvalue weighted by Gasteiger charge is 2.61. The molecule has 2 atom stereocenters. The van der Waals surface area contributed by atoms with Crippen LogP contribution in [0.25, 0.3) is 0 Å². The van der Waals surface area contributed by atoms with Gasteiger partial charge >= 0.3 is 0 Å². The van der Waals surface area contributed by atoms with Crippen LogP contribution in [0.4, 0.5) is 5.69 Å². The minimum absolute atomic E-state index is 0.00904. The van der Waals surface area contributed by atoms with E-state index in [0.717, 1.165) is 51.4 Å². The third kappa shape index (κ3) is 3.83. The van der Waals surface area contributed by atoms with Crippen LogP contribution in [0.5, 0.6) is 0 Å². The maximum Gasteiger partial charge on any atom is 0.243 e. The summed E-state index contributed by atoms with van der Waals surface area (Å²) in [7, 11) is -4.00. The Morgan fingerprint density at radius 3 is 2.21 bits per heavy atom. The number of hydrogen-bond donors (Lipinski definition) is 4. The molecule has 33 heavy (non-hydrogen) atoms. The number of anilines is 1. The third-order valence-electron chi connectivity index (χ3n) is 8.64. The van der Waals surface area contributed by atoms with Crippen molar-refractivity contribution in [1.29, 1.82) is 0 Å². The van der Waals surface area contributed by atoms with Crippen molar-refractivity contribution in [2.24, 2.45) is 23.0 Å². The van der Waals surface area contributed by atoms with Crippen LogP contribution in [0, 0.1) is 17.3 Å². The molecule has 0 aromatic heterocycles. The summed E-state index contributed by atoms with van der Waals surface area (Å²) in [5.41, 5.74) is 9.70. The SMILES string of the molecule is NC(=O)C12CC3CC(CC(NC(=O)C4(NS(=O)(=O)c5ccccc5N)CCCCC4)(C3)C1)C2. The highest BCUT2D eigenvalue weighted by molar-refractivity contribution is 7.89. The van der Waals surface area contributed by atoms with Gasteiger partial charge in [-0.1, -0.05) is 31.4 Å². The van der Waals surface area contributed by atoms with Gasteiger partial charge in [-0.25, -0.2) is 8.42 Å². The van der Waals surface area contributed by atoms with Crippen LogP contribution in [-0.4, -0.2) is 31.3 Å². The van der Waals surface area contributed by atoms with Crippen molar-refractivity contribution >= 4 is 27.5 Å². The highest BCUT2D eigenvalue weighted by atomic mass is 32.2. The monoisotopic (exact) mass is 474 g/mol. The van der Waals surface area contributed by atoms with Crippen molar-refractivity contribution in [2.75, 3.05) is 5.73 Å². The van der Waals surface area contributed by atoms with Crippen LogP contribution in [0.1, 0.15) is 70.6 Å². The third-order valence-corrected chi connectivity index (χ3v) is 10.3. The van der Waals surface area contributed by atoms with Gasteiger partial charge in [0, 0.05) is 5.54 Å². The normalized spacial score (nSPS) is 34.7. The minimum Gasteiger partial charge on any atom is -0.398 e. The first-order valence-electron chi connectivity index (χ1n) is 12.1. The smallest absolute Gasteiger partial charge is 0.243 e. The summed E-state index contributed by atoms with van der Waals surface area (Å²) >= 11 is 0. The second kappa shape index (κ2) is 7.70. The standard InChI is InChI=1S/C24H34N4O4S/c25-18-6-2-3-7-19(18)33(31,32)28-24(8-4-1-5-9-24)21(30)27-23-13-16-10-17(14-23)12-22(11-16,15-23)20(26)29/h2-3,6-7,16-17,28H,1,4-5,8-15,25H2,(H2,26,29)(H,27,30). The molecule has 2 amide bonds. The van der Waals surface area contributed by atoms with Crippen molar-refractivity contribution < 1.29 is 18.0 Å². The van der Waals surface area contributed by atoms with E-state index in [-0.39, 0.29) is 22.4 Å². The molecule has 0 radical (unpaired) electrons. The summed E-state index contributed by atoms with van der Waals surface area (Å²) in [6.45, 7) is 0. The Morgan fingerprint density at radius 2 is 1.61 bits per heavy atom. The van der Waals surface area contributed by atoms with Gasteiger partial charge in [-0.05, 0) is 75.3 Å². The zero-order valence-electron chi connectivity index (χ0n) is 18.9. The molecule has 5 fully saturated rings. The number of carbonyl (C=O) groups is 2. The van der Waals surface area contributed by atoms with Gasteiger partial charge in [0.15, 0.2) is 0 Å². The molecule has 5 aliphatic carbocycles. The molecular formula is C24H34N4O4S. The molecule has 0 saturated heterocycles. The van der Waals surface area contributed by atoms with E-state index < -0.39 is 26.5 Å². The van der Waals surface area contributed by atoms with Gasteiger partial charge in [-0.3, -0.25) is 9.59 Å². The number of amides is 2. The Morgan fingerprint density at radius 1 is 0.970 bits per heavy atom. The average molecular weight is 475 g/mol. The molecule has 1 aromatic carbocycles. The molecule has 4 bridgehead atoms. The number of benzene rings is 1. The van der Waals surface area contributed by atoms with Gasteiger partial charge in [0.2, 0.25) is 21.8 Å². The molecule has 180 valence electrons. The fraction of sp³-hybridized carbons (Fsp3) is 0.667. The molecule has 0 aliphatic heterocycles. The number of rotatable bonds is 6. The van der Waals surface area contributed by atoms with E-state index in [0.29, 0.717) is 31.1 Å². The van der Waals surface area contributed by atoms with Crippen molar-refractivity contribution in [3.05, 3.63) is 24.3 Å². The zero-order valence-corrected chi connectivity index (χ0v) is 19.8. The molecule has 0 heterocycles. The van der Waals surface area contributed by atoms with Gasteiger partial charge in [0.05, 0.1) is 11.1 Å². The summed E-state index contributed by atoms with van der Waals surface area (Å²) in [5, 5.41) is 3.30. The Hall–Kier alpha value is -2.13. The number of carbonyl (C=O) groups excluding carboxylic acids is 2. The first kappa shape index (κ1) is 22.7. The largest absolute Gasteiger partial charge is 0.398 e. The average Bonchev–Trinajstić information content (AvgIpc) is 2.73. The van der Waals surface area contributed by atoms with Crippen LogP contribution in [0.2, 0.25) is 0 Å². The molecule has 6 rings (SSSR count). The van der Waals surface area contributed by atoms with Gasteiger partial charge in [-0.15, -0.1) is 0 Å². The lowest BCUT2D eigenvalue weighted by atomic mass is 9.46. The maximum absolute atomic E-state index is 13.9. The second-order valence-electron chi connectivity index (χ2n) is 11.1. The quantitative estimate of drug-likeness (QED) is 0.467. The zero-order chi connectivity index (χ0) is 23.5. The second-order valence-corrected chi connectivity index (χ2v) is 12.8. The molecule has 5 aliphatic rings. The first-order chi connectivity index (χ1) is 15.6. The van der Waals surface area contributed by atoms with Gasteiger partial charge < -0.3 is 16.8 Å². The molecular weight excluding hydrogens is 440 g/mol. The number of primary amides is 1. The molecule has 1 aromatic rings. The van der Waals surface area contributed by atoms with E-state index in [1.807, 2.05) is 0 Å². The van der Waals surface area contributed by atoms with Crippen molar-refractivity contribution in [3.63, 3.8) is 0 Å². The summed E-state index contributed by atoms with van der Waals surface area (Å²) in [5.74, 6) is 0.217. The number of nitrogens with one attached hydrogen (secondary N) is 2. The van der Waals surface area contributed by atoms with E-state index in [9.17, 15) is 18.0 Å². The molecule has 8 nitrogen and oxygen atoms in total. The minimum atomic E-state index is -4.00. The number of sulfonamides is 1. The van der Waals surface area contributed by atoms with Crippen LogP contribution >= 0.6 is 0 Å². The number of para-hydroxylation sites is 1. The lowest BCUT2D eigenvalue weighted by Crippen LogP contribution is -2.69. The number of hydrogen-bond acceptors (Lipinski definition) is 5. The van der Waals surface area contributed by atoms with Crippen LogP contribution in [0.15, 0.2) is 29.2 Å². The predicted octanol–water partition coefficient (Wildman–Crippen LogP) is 2.19. The van der Waals surface area contributed by atoms with E-state index in [1.165, 1.54) is 6.07 Å². The fourth-order valence-electron chi connectivity index (χ4n) is 7.63. The summed E-state index contributed by atoms with van der Waals surface area (Å²) in [6.07, 6.45) is 8.29. The van der Waals surface area contributed by atoms with Crippen LogP contribution in [0.3, 0.4) is 0 Å². The molecule has 6 N–H and O–H groups in total. The Balaban J connectivity index is 1.44. The Kier molecular flexibility index (Phi) is 5.28. The Labute approximate surface area is 195 Å². The van der Waals surface area contributed by atoms with E-state index in [1.54, 1.807) is 18.2 Å². The lowest BCUT2D eigenvalue weighted by Gasteiger charge is -2.61. The van der Waals surface area contributed by atoms with Gasteiger partial charge in [0.1, 0.15) is 10.4 Å². The first-order valence-corrected chi connectivity index (χ1v) is 13.6. The topological polar surface area (TPSA) is 144 Å². The number of nitrogens with two attached hydrogens (primary N) is 2. The molecule has 0 spiro atoms. The fourth-order valence-corrected chi connectivity index (χ4v) is 9.18. The van der Waals surface area contributed by atoms with Gasteiger partial charge in [-0.2, -0.15) is 4.72 Å². The lowest BCUT2D eigenvalue weighted by molar-refractivity contribution is -0.152.